The average Bonchev–Trinajstić information content (AvgIpc) is 3.70. The Balaban J connectivity index is 0.998. The van der Waals surface area contributed by atoms with Crippen LogP contribution in [0.15, 0.2) is 188 Å². The molecule has 0 saturated carbocycles. The molecule has 1 nitrogen and oxygen atoms in total. The fourth-order valence-electron chi connectivity index (χ4n) is 8.29. The number of thiophene rings is 1. The highest BCUT2D eigenvalue weighted by Gasteiger charge is 2.36. The van der Waals surface area contributed by atoms with Gasteiger partial charge in [-0.2, -0.15) is 0 Å². The summed E-state index contributed by atoms with van der Waals surface area (Å²) in [7, 11) is 0. The van der Waals surface area contributed by atoms with E-state index < -0.39 is 0 Å². The fourth-order valence-corrected chi connectivity index (χ4v) is 9.37. The Morgan fingerprint density at radius 2 is 0.868 bits per heavy atom. The maximum absolute atomic E-state index is 2.41. The molecule has 1 heterocycles. The first kappa shape index (κ1) is 31.5. The van der Waals surface area contributed by atoms with Gasteiger partial charge >= 0.3 is 0 Å². The Kier molecular flexibility index (Phi) is 7.42. The number of hydrogen-bond acceptors (Lipinski definition) is 2. The molecular weight excluding hydrogens is 659 g/mol. The molecule has 53 heavy (non-hydrogen) atoms. The lowest BCUT2D eigenvalue weighted by Crippen LogP contribution is -2.16. The van der Waals surface area contributed by atoms with Crippen LogP contribution in [0.25, 0.3) is 64.7 Å². The quantitative estimate of drug-likeness (QED) is 0.167. The summed E-state index contributed by atoms with van der Waals surface area (Å²) in [6.45, 7) is 4.74. The molecule has 0 aliphatic heterocycles. The topological polar surface area (TPSA) is 3.24 Å². The number of rotatable bonds is 6. The summed E-state index contributed by atoms with van der Waals surface area (Å²) >= 11 is 1.86. The van der Waals surface area contributed by atoms with Crippen LogP contribution in [0.1, 0.15) is 25.0 Å². The molecule has 1 aromatic heterocycles. The number of fused-ring (bicyclic) bond motifs is 6. The number of anilines is 3. The summed E-state index contributed by atoms with van der Waals surface area (Å²) in [5, 5.41) is 2.66. The molecule has 0 saturated heterocycles. The smallest absolute Gasteiger partial charge is 0.0465 e. The van der Waals surface area contributed by atoms with Crippen molar-refractivity contribution >= 4 is 48.6 Å². The van der Waals surface area contributed by atoms with Gasteiger partial charge in [0.05, 0.1) is 0 Å². The van der Waals surface area contributed by atoms with E-state index in [0.717, 1.165) is 17.1 Å². The van der Waals surface area contributed by atoms with E-state index in [-0.39, 0.29) is 5.41 Å². The normalized spacial score (nSPS) is 12.9. The van der Waals surface area contributed by atoms with Gasteiger partial charge in [-0.1, -0.05) is 135 Å². The van der Waals surface area contributed by atoms with Gasteiger partial charge in [-0.05, 0) is 122 Å². The summed E-state index contributed by atoms with van der Waals surface area (Å²) in [6, 6.07) is 69.0. The SMILES string of the molecule is CC1(C)c2cc(-c3ccccc3)ccc2-c2ccc(N(c3ccccc3)c3ccc(-c4cccc(-c5ccc6sc7ccccc7c6c5)c4)cc3)cc21. The molecule has 252 valence electrons. The number of benzene rings is 8. The third kappa shape index (κ3) is 5.37. The zero-order valence-electron chi connectivity index (χ0n) is 29.8. The van der Waals surface area contributed by atoms with Crippen LogP contribution >= 0.6 is 11.3 Å². The van der Waals surface area contributed by atoms with E-state index in [1.165, 1.54) is 75.8 Å². The van der Waals surface area contributed by atoms with E-state index in [2.05, 4.69) is 207 Å². The van der Waals surface area contributed by atoms with Gasteiger partial charge in [-0.15, -0.1) is 11.3 Å². The van der Waals surface area contributed by atoms with E-state index in [9.17, 15) is 0 Å². The Morgan fingerprint density at radius 1 is 0.358 bits per heavy atom. The lowest BCUT2D eigenvalue weighted by atomic mass is 9.81. The van der Waals surface area contributed by atoms with Gasteiger partial charge < -0.3 is 4.90 Å². The van der Waals surface area contributed by atoms with Crippen molar-refractivity contribution in [2.75, 3.05) is 4.90 Å². The average molecular weight is 696 g/mol. The van der Waals surface area contributed by atoms with Gasteiger partial charge in [-0.3, -0.25) is 0 Å². The van der Waals surface area contributed by atoms with Crippen molar-refractivity contribution in [3.05, 3.63) is 199 Å². The second-order valence-electron chi connectivity index (χ2n) is 14.6. The minimum Gasteiger partial charge on any atom is -0.310 e. The number of hydrogen-bond donors (Lipinski definition) is 0. The number of nitrogens with zero attached hydrogens (tertiary/aromatic N) is 1. The maximum Gasteiger partial charge on any atom is 0.0465 e. The molecule has 2 heteroatoms. The van der Waals surface area contributed by atoms with Gasteiger partial charge in [0.1, 0.15) is 0 Å². The second kappa shape index (κ2) is 12.5. The maximum atomic E-state index is 2.41. The van der Waals surface area contributed by atoms with Crippen molar-refractivity contribution < 1.29 is 0 Å². The van der Waals surface area contributed by atoms with Crippen LogP contribution < -0.4 is 4.90 Å². The minimum absolute atomic E-state index is 0.135. The lowest BCUT2D eigenvalue weighted by molar-refractivity contribution is 0.660. The van der Waals surface area contributed by atoms with Crippen molar-refractivity contribution in [3.63, 3.8) is 0 Å². The van der Waals surface area contributed by atoms with Gasteiger partial charge in [0.15, 0.2) is 0 Å². The molecule has 0 spiro atoms. The van der Waals surface area contributed by atoms with Crippen LogP contribution in [0, 0.1) is 0 Å². The van der Waals surface area contributed by atoms with E-state index in [1.54, 1.807) is 0 Å². The largest absolute Gasteiger partial charge is 0.310 e. The van der Waals surface area contributed by atoms with Crippen molar-refractivity contribution in [2.45, 2.75) is 19.3 Å². The molecule has 0 radical (unpaired) electrons. The van der Waals surface area contributed by atoms with Gasteiger partial charge in [0.2, 0.25) is 0 Å². The summed E-state index contributed by atoms with van der Waals surface area (Å²) in [6.07, 6.45) is 0. The zero-order chi connectivity index (χ0) is 35.5. The monoisotopic (exact) mass is 695 g/mol. The standard InChI is InChI=1S/C51H37NS/c1-51(2)47-32-39(34-12-5-3-6-13-34)22-27-43(47)44-28-26-42(33-48(44)51)52(40-16-7-4-8-17-40)41-24-20-35(21-25-41)36-14-11-15-37(30-36)38-23-29-50-46(31-38)45-18-9-10-19-49(45)53-50/h3-33H,1-2H3. The molecule has 0 fully saturated rings. The molecule has 0 amide bonds. The van der Waals surface area contributed by atoms with Crippen molar-refractivity contribution in [1.29, 1.82) is 0 Å². The highest BCUT2D eigenvalue weighted by atomic mass is 32.1. The van der Waals surface area contributed by atoms with Crippen LogP contribution in [0.4, 0.5) is 17.1 Å². The first-order valence-electron chi connectivity index (χ1n) is 18.3. The van der Waals surface area contributed by atoms with Crippen LogP contribution in [-0.2, 0) is 5.41 Å². The molecule has 1 aliphatic rings. The molecule has 1 aliphatic carbocycles. The van der Waals surface area contributed by atoms with E-state index in [0.29, 0.717) is 0 Å². The van der Waals surface area contributed by atoms with Crippen molar-refractivity contribution in [1.82, 2.24) is 0 Å². The van der Waals surface area contributed by atoms with Crippen LogP contribution in [-0.4, -0.2) is 0 Å². The van der Waals surface area contributed by atoms with E-state index in [1.807, 2.05) is 11.3 Å². The number of para-hydroxylation sites is 1. The van der Waals surface area contributed by atoms with Crippen molar-refractivity contribution in [2.24, 2.45) is 0 Å². The summed E-state index contributed by atoms with van der Waals surface area (Å²) < 4.78 is 2.67. The Hall–Kier alpha value is -6.22. The van der Waals surface area contributed by atoms with Gasteiger partial charge in [0.25, 0.3) is 0 Å². The summed E-state index contributed by atoms with van der Waals surface area (Å²) in [5.41, 5.74) is 16.1. The molecule has 0 unspecified atom stereocenters. The lowest BCUT2D eigenvalue weighted by Gasteiger charge is -2.28. The molecule has 0 atom stereocenters. The summed E-state index contributed by atoms with van der Waals surface area (Å²) in [4.78, 5) is 2.38. The molecular formula is C51H37NS. The van der Waals surface area contributed by atoms with E-state index in [4.69, 9.17) is 0 Å². The molecule has 8 aromatic carbocycles. The Bertz CT molecular complexity index is 2790. The third-order valence-corrected chi connectivity index (χ3v) is 12.2. The molecule has 0 bridgehead atoms. The highest BCUT2D eigenvalue weighted by molar-refractivity contribution is 7.25. The van der Waals surface area contributed by atoms with Gasteiger partial charge in [0, 0.05) is 42.6 Å². The third-order valence-electron chi connectivity index (χ3n) is 11.1. The molecule has 9 aromatic rings. The fraction of sp³-hybridized carbons (Fsp3) is 0.0588. The predicted molar refractivity (Wildman–Crippen MR) is 228 cm³/mol. The first-order valence-corrected chi connectivity index (χ1v) is 19.2. The minimum atomic E-state index is -0.135. The zero-order valence-corrected chi connectivity index (χ0v) is 30.6. The van der Waals surface area contributed by atoms with Crippen LogP contribution in [0.3, 0.4) is 0 Å². The highest BCUT2D eigenvalue weighted by Crippen LogP contribution is 2.51. The Morgan fingerprint density at radius 3 is 1.66 bits per heavy atom. The first-order chi connectivity index (χ1) is 26.0. The Labute approximate surface area is 315 Å². The van der Waals surface area contributed by atoms with Gasteiger partial charge in [-0.25, -0.2) is 0 Å². The second-order valence-corrected chi connectivity index (χ2v) is 15.7. The van der Waals surface area contributed by atoms with Crippen molar-refractivity contribution in [3.8, 4) is 44.5 Å². The predicted octanol–water partition coefficient (Wildman–Crippen LogP) is 14.8. The van der Waals surface area contributed by atoms with Crippen LogP contribution in [0.5, 0.6) is 0 Å². The van der Waals surface area contributed by atoms with Crippen LogP contribution in [0.2, 0.25) is 0 Å². The molecule has 10 rings (SSSR count). The summed E-state index contributed by atoms with van der Waals surface area (Å²) in [5.74, 6) is 0. The molecule has 0 N–H and O–H groups in total. The van der Waals surface area contributed by atoms with E-state index >= 15 is 0 Å².